The van der Waals surface area contributed by atoms with E-state index in [2.05, 4.69) is 17.1 Å². The topological polar surface area (TPSA) is 73.8 Å². The maximum absolute atomic E-state index is 12.9. The van der Waals surface area contributed by atoms with Gasteiger partial charge in [0.1, 0.15) is 0 Å². The van der Waals surface area contributed by atoms with E-state index in [-0.39, 0.29) is 5.56 Å². The molecule has 0 fully saturated rings. The Bertz CT molecular complexity index is 1190. The number of rotatable bonds is 7. The van der Waals surface area contributed by atoms with Crippen LogP contribution in [-0.4, -0.2) is 19.7 Å². The Balaban J connectivity index is 1.59. The largest absolute Gasteiger partial charge is 0.338 e. The van der Waals surface area contributed by atoms with Crippen LogP contribution in [-0.2, 0) is 12.3 Å². The van der Waals surface area contributed by atoms with E-state index in [1.165, 1.54) is 11.8 Å². The van der Waals surface area contributed by atoms with E-state index >= 15 is 0 Å². The van der Waals surface area contributed by atoms with Crippen LogP contribution in [0, 0.1) is 0 Å². The van der Waals surface area contributed by atoms with Crippen LogP contribution < -0.4 is 5.56 Å². The van der Waals surface area contributed by atoms with Gasteiger partial charge in [-0.05, 0) is 42.8 Å². The van der Waals surface area contributed by atoms with Gasteiger partial charge in [0.15, 0.2) is 5.16 Å². The highest BCUT2D eigenvalue weighted by Crippen LogP contribution is 2.24. The fourth-order valence-corrected chi connectivity index (χ4v) is 3.92. The first-order valence-electron chi connectivity index (χ1n) is 9.36. The molecule has 4 aromatic rings. The zero-order chi connectivity index (χ0) is 20.2. The fourth-order valence-electron chi connectivity index (χ4n) is 2.93. The molecule has 0 atom stereocenters. The van der Waals surface area contributed by atoms with Crippen LogP contribution in [0.25, 0.3) is 22.3 Å². The van der Waals surface area contributed by atoms with Gasteiger partial charge in [-0.25, -0.2) is 4.98 Å². The number of benzene rings is 2. The Kier molecular flexibility index (Phi) is 5.97. The molecule has 0 saturated carbocycles. The molecule has 0 aliphatic heterocycles. The second-order valence-corrected chi connectivity index (χ2v) is 7.91. The van der Waals surface area contributed by atoms with Crippen LogP contribution in [0.1, 0.15) is 25.7 Å². The number of fused-ring (bicyclic) bond motifs is 1. The molecule has 0 amide bonds. The lowest BCUT2D eigenvalue weighted by atomic mass is 10.2. The van der Waals surface area contributed by atoms with Crippen molar-refractivity contribution < 1.29 is 4.52 Å². The number of aromatic nitrogens is 4. The lowest BCUT2D eigenvalue weighted by Crippen LogP contribution is -2.23. The van der Waals surface area contributed by atoms with Gasteiger partial charge >= 0.3 is 0 Å². The van der Waals surface area contributed by atoms with E-state index in [1.54, 1.807) is 16.7 Å². The minimum atomic E-state index is -0.0149. The molecule has 0 unspecified atom stereocenters. The van der Waals surface area contributed by atoms with Gasteiger partial charge in [0, 0.05) is 17.1 Å². The first-order valence-corrected chi connectivity index (χ1v) is 10.7. The minimum Gasteiger partial charge on any atom is -0.338 e. The van der Waals surface area contributed by atoms with Crippen molar-refractivity contribution in [1.82, 2.24) is 19.7 Å². The maximum atomic E-state index is 12.9. The summed E-state index contributed by atoms with van der Waals surface area (Å²) >= 11 is 7.35. The molecule has 6 nitrogen and oxygen atoms in total. The predicted octanol–water partition coefficient (Wildman–Crippen LogP) is 5.19. The van der Waals surface area contributed by atoms with E-state index < -0.39 is 0 Å². The lowest BCUT2D eigenvalue weighted by molar-refractivity contribution is 0.391. The minimum absolute atomic E-state index is 0.0149. The van der Waals surface area contributed by atoms with Crippen molar-refractivity contribution in [2.45, 2.75) is 37.2 Å². The predicted molar refractivity (Wildman–Crippen MR) is 115 cm³/mol. The van der Waals surface area contributed by atoms with Gasteiger partial charge in [0.25, 0.3) is 5.56 Å². The monoisotopic (exact) mass is 426 g/mol. The fraction of sp³-hybridized carbons (Fsp3) is 0.238. The molecule has 0 N–H and O–H groups in total. The van der Waals surface area contributed by atoms with Crippen molar-refractivity contribution >= 4 is 34.3 Å². The number of halogens is 1. The second-order valence-electron chi connectivity index (χ2n) is 6.53. The van der Waals surface area contributed by atoms with Gasteiger partial charge < -0.3 is 4.52 Å². The van der Waals surface area contributed by atoms with Crippen molar-refractivity contribution in [3.05, 3.63) is 69.8 Å². The summed E-state index contributed by atoms with van der Waals surface area (Å²) in [5.41, 5.74) is 1.51. The molecule has 0 saturated heterocycles. The molecule has 2 heterocycles. The maximum Gasteiger partial charge on any atom is 0.262 e. The Labute approximate surface area is 176 Å². The molecule has 2 aromatic carbocycles. The Hall–Kier alpha value is -2.64. The molecule has 0 aliphatic rings. The molecular formula is C21H19ClN4O2S. The Morgan fingerprint density at radius 2 is 1.90 bits per heavy atom. The van der Waals surface area contributed by atoms with Gasteiger partial charge in [-0.2, -0.15) is 4.98 Å². The van der Waals surface area contributed by atoms with Crippen LogP contribution in [0.5, 0.6) is 0 Å². The normalized spacial score (nSPS) is 11.2. The van der Waals surface area contributed by atoms with Gasteiger partial charge in [0.05, 0.1) is 16.7 Å². The molecule has 2 aromatic heterocycles. The Morgan fingerprint density at radius 3 is 2.69 bits per heavy atom. The number of para-hydroxylation sites is 1. The molecule has 29 heavy (non-hydrogen) atoms. The summed E-state index contributed by atoms with van der Waals surface area (Å²) in [6.07, 6.45) is 1.91. The third-order valence-electron chi connectivity index (χ3n) is 4.46. The summed E-state index contributed by atoms with van der Waals surface area (Å²) in [6.45, 7) is 2.73. The van der Waals surface area contributed by atoms with E-state index in [9.17, 15) is 4.79 Å². The van der Waals surface area contributed by atoms with Gasteiger partial charge in [-0.15, -0.1) is 0 Å². The SMILES string of the molecule is CCCCn1c(SCc2nc(-c3ccc(Cl)cc3)no2)nc2ccccc2c1=O. The third kappa shape index (κ3) is 4.36. The average Bonchev–Trinajstić information content (AvgIpc) is 3.21. The van der Waals surface area contributed by atoms with Crippen LogP contribution >= 0.6 is 23.4 Å². The van der Waals surface area contributed by atoms with Crippen LogP contribution in [0.4, 0.5) is 0 Å². The molecule has 148 valence electrons. The number of unbranched alkanes of at least 4 members (excludes halogenated alkanes) is 1. The Morgan fingerprint density at radius 1 is 1.10 bits per heavy atom. The first-order chi connectivity index (χ1) is 14.2. The number of nitrogens with zero attached hydrogens (tertiary/aromatic N) is 4. The zero-order valence-corrected chi connectivity index (χ0v) is 17.4. The van der Waals surface area contributed by atoms with E-state index in [0.717, 1.165) is 18.4 Å². The van der Waals surface area contributed by atoms with Crippen molar-refractivity contribution in [2.75, 3.05) is 0 Å². The summed E-state index contributed by atoms with van der Waals surface area (Å²) in [6, 6.07) is 14.7. The van der Waals surface area contributed by atoms with Crippen LogP contribution in [0.15, 0.2) is 63.0 Å². The van der Waals surface area contributed by atoms with E-state index in [4.69, 9.17) is 21.1 Å². The number of hydrogen-bond acceptors (Lipinski definition) is 6. The molecule has 0 bridgehead atoms. The first kappa shape index (κ1) is 19.7. The van der Waals surface area contributed by atoms with Gasteiger partial charge in [-0.3, -0.25) is 9.36 Å². The van der Waals surface area contributed by atoms with Crippen molar-refractivity contribution in [1.29, 1.82) is 0 Å². The highest BCUT2D eigenvalue weighted by atomic mass is 35.5. The standard InChI is InChI=1S/C21H19ClN4O2S/c1-2-3-12-26-20(27)16-6-4-5-7-17(16)23-21(26)29-13-18-24-19(25-28-18)14-8-10-15(22)11-9-14/h4-11H,2-3,12-13H2,1H3. The summed E-state index contributed by atoms with van der Waals surface area (Å²) in [7, 11) is 0. The second kappa shape index (κ2) is 8.80. The number of thioether (sulfide) groups is 1. The van der Waals surface area contributed by atoms with Crippen molar-refractivity contribution in [3.63, 3.8) is 0 Å². The van der Waals surface area contributed by atoms with Crippen LogP contribution in [0.3, 0.4) is 0 Å². The van der Waals surface area contributed by atoms with Crippen molar-refractivity contribution in [2.24, 2.45) is 0 Å². The number of hydrogen-bond donors (Lipinski definition) is 0. The van der Waals surface area contributed by atoms with Gasteiger partial charge in [0.2, 0.25) is 11.7 Å². The smallest absolute Gasteiger partial charge is 0.262 e. The molecule has 0 spiro atoms. The third-order valence-corrected chi connectivity index (χ3v) is 5.67. The highest BCUT2D eigenvalue weighted by molar-refractivity contribution is 7.98. The van der Waals surface area contributed by atoms with Gasteiger partial charge in [-0.1, -0.05) is 54.0 Å². The average molecular weight is 427 g/mol. The summed E-state index contributed by atoms with van der Waals surface area (Å²) in [4.78, 5) is 22.1. The molecule has 8 heteroatoms. The van der Waals surface area contributed by atoms with Crippen molar-refractivity contribution in [3.8, 4) is 11.4 Å². The zero-order valence-electron chi connectivity index (χ0n) is 15.8. The quantitative estimate of drug-likeness (QED) is 0.299. The van der Waals surface area contributed by atoms with E-state index in [1.807, 2.05) is 36.4 Å². The highest BCUT2D eigenvalue weighted by Gasteiger charge is 2.14. The summed E-state index contributed by atoms with van der Waals surface area (Å²) in [5.74, 6) is 1.41. The summed E-state index contributed by atoms with van der Waals surface area (Å²) < 4.78 is 7.12. The lowest BCUT2D eigenvalue weighted by Gasteiger charge is -2.12. The molecule has 0 radical (unpaired) electrons. The summed E-state index contributed by atoms with van der Waals surface area (Å²) in [5, 5.41) is 5.99. The molecule has 0 aliphatic carbocycles. The molecular weight excluding hydrogens is 408 g/mol. The molecule has 4 rings (SSSR count). The van der Waals surface area contributed by atoms with Crippen LogP contribution in [0.2, 0.25) is 5.02 Å². The van der Waals surface area contributed by atoms with E-state index in [0.29, 0.717) is 45.1 Å².